The monoisotopic (exact) mass is 305 g/mol. The van der Waals surface area contributed by atoms with E-state index < -0.39 is 0 Å². The number of rotatable bonds is 7. The summed E-state index contributed by atoms with van der Waals surface area (Å²) in [7, 11) is 0. The highest BCUT2D eigenvalue weighted by Gasteiger charge is 2.19. The number of hydrogen-bond donors (Lipinski definition) is 1. The maximum absolute atomic E-state index is 12.2. The van der Waals surface area contributed by atoms with E-state index in [2.05, 4.69) is 6.92 Å². The molecule has 122 valence electrons. The summed E-state index contributed by atoms with van der Waals surface area (Å²) in [5.74, 6) is 0.305. The first-order valence-electron chi connectivity index (χ1n) is 8.44. The molecule has 0 atom stereocenters. The Kier molecular flexibility index (Phi) is 6.56. The number of esters is 1. The molecule has 0 aliphatic heterocycles. The van der Waals surface area contributed by atoms with E-state index in [0.717, 1.165) is 44.9 Å². The van der Waals surface area contributed by atoms with E-state index in [1.165, 1.54) is 6.42 Å². The number of unbranched alkanes of at least 4 members (excludes halogenated alkanes) is 2. The minimum absolute atomic E-state index is 0.0627. The second-order valence-corrected chi connectivity index (χ2v) is 5.97. The topological polar surface area (TPSA) is 61.5 Å². The second kappa shape index (κ2) is 8.66. The van der Waals surface area contributed by atoms with Crippen molar-refractivity contribution in [2.24, 2.45) is 0 Å². The predicted octanol–water partition coefficient (Wildman–Crippen LogP) is 4.33. The van der Waals surface area contributed by atoms with Gasteiger partial charge in [0.05, 0.1) is 17.9 Å². The van der Waals surface area contributed by atoms with Crippen LogP contribution in [-0.2, 0) is 4.74 Å². The Labute approximate surface area is 133 Å². The van der Waals surface area contributed by atoms with Gasteiger partial charge in [-0.2, -0.15) is 0 Å². The highest BCUT2D eigenvalue weighted by Crippen LogP contribution is 2.25. The molecule has 4 nitrogen and oxygen atoms in total. The summed E-state index contributed by atoms with van der Waals surface area (Å²) in [6, 6.07) is 5.12. The number of carbonyl (C=O) groups is 1. The van der Waals surface area contributed by atoms with Gasteiger partial charge in [0.1, 0.15) is 11.9 Å². The summed E-state index contributed by atoms with van der Waals surface area (Å²) in [4.78, 5) is 12.2. The molecule has 0 aromatic heterocycles. The van der Waals surface area contributed by atoms with Crippen LogP contribution in [0.15, 0.2) is 18.2 Å². The zero-order valence-electron chi connectivity index (χ0n) is 13.5. The third-order valence-electron chi connectivity index (χ3n) is 4.08. The van der Waals surface area contributed by atoms with Gasteiger partial charge in [-0.25, -0.2) is 4.79 Å². The Morgan fingerprint density at radius 2 is 2.00 bits per heavy atom. The Balaban J connectivity index is 1.93. The lowest BCUT2D eigenvalue weighted by atomic mass is 9.98. The van der Waals surface area contributed by atoms with Crippen molar-refractivity contribution in [3.8, 4) is 5.75 Å². The second-order valence-electron chi connectivity index (χ2n) is 5.97. The van der Waals surface area contributed by atoms with E-state index in [-0.39, 0.29) is 12.1 Å². The molecular formula is C18H27NO3. The lowest BCUT2D eigenvalue weighted by molar-refractivity contribution is 0.0211. The van der Waals surface area contributed by atoms with E-state index in [1.807, 2.05) is 0 Å². The normalized spacial score (nSPS) is 15.5. The van der Waals surface area contributed by atoms with Gasteiger partial charge in [0.15, 0.2) is 0 Å². The summed E-state index contributed by atoms with van der Waals surface area (Å²) in [5, 5.41) is 0. The van der Waals surface area contributed by atoms with Crippen LogP contribution in [0.5, 0.6) is 5.75 Å². The third-order valence-corrected chi connectivity index (χ3v) is 4.08. The summed E-state index contributed by atoms with van der Waals surface area (Å²) in [6.07, 6.45) is 8.81. The number of nitrogens with two attached hydrogens (primary N) is 1. The lowest BCUT2D eigenvalue weighted by Crippen LogP contribution is -2.21. The van der Waals surface area contributed by atoms with E-state index in [1.54, 1.807) is 18.2 Å². The predicted molar refractivity (Wildman–Crippen MR) is 88.2 cm³/mol. The molecule has 0 radical (unpaired) electrons. The molecule has 2 rings (SSSR count). The van der Waals surface area contributed by atoms with Crippen LogP contribution < -0.4 is 10.5 Å². The van der Waals surface area contributed by atoms with Gasteiger partial charge in [0.2, 0.25) is 0 Å². The van der Waals surface area contributed by atoms with Gasteiger partial charge in [-0.05, 0) is 50.3 Å². The molecule has 1 aliphatic carbocycles. The molecule has 2 N–H and O–H groups in total. The molecule has 4 heteroatoms. The fourth-order valence-corrected chi connectivity index (χ4v) is 2.72. The number of carbonyl (C=O) groups excluding carboxylic acids is 1. The Bertz CT molecular complexity index is 481. The average Bonchev–Trinajstić information content (AvgIpc) is 2.54. The van der Waals surface area contributed by atoms with Crippen LogP contribution in [0, 0.1) is 0 Å². The zero-order valence-corrected chi connectivity index (χ0v) is 13.5. The molecule has 0 amide bonds. The lowest BCUT2D eigenvalue weighted by Gasteiger charge is -2.22. The number of anilines is 1. The maximum Gasteiger partial charge on any atom is 0.338 e. The molecule has 1 aliphatic rings. The molecule has 0 saturated heterocycles. The van der Waals surface area contributed by atoms with Crippen molar-refractivity contribution < 1.29 is 14.3 Å². The minimum Gasteiger partial charge on any atom is -0.491 e. The van der Waals surface area contributed by atoms with Gasteiger partial charge in [-0.3, -0.25) is 0 Å². The molecular weight excluding hydrogens is 278 g/mol. The molecule has 0 unspecified atom stereocenters. The van der Waals surface area contributed by atoms with Gasteiger partial charge >= 0.3 is 5.97 Å². The number of ether oxygens (including phenoxy) is 2. The Hall–Kier alpha value is -1.71. The molecule has 1 aromatic rings. The van der Waals surface area contributed by atoms with Crippen LogP contribution >= 0.6 is 0 Å². The van der Waals surface area contributed by atoms with Crippen LogP contribution in [0.2, 0.25) is 0 Å². The van der Waals surface area contributed by atoms with E-state index in [4.69, 9.17) is 15.2 Å². The number of hydrogen-bond acceptors (Lipinski definition) is 4. The molecule has 1 saturated carbocycles. The van der Waals surface area contributed by atoms with Crippen molar-refractivity contribution >= 4 is 11.7 Å². The highest BCUT2D eigenvalue weighted by atomic mass is 16.5. The Morgan fingerprint density at radius 3 is 2.73 bits per heavy atom. The van der Waals surface area contributed by atoms with Crippen molar-refractivity contribution in [1.29, 1.82) is 0 Å². The number of nitrogen functional groups attached to an aromatic ring is 1. The smallest absolute Gasteiger partial charge is 0.338 e. The summed E-state index contributed by atoms with van der Waals surface area (Å²) >= 11 is 0. The molecule has 0 spiro atoms. The summed E-state index contributed by atoms with van der Waals surface area (Å²) in [5.41, 5.74) is 6.99. The number of benzene rings is 1. The summed E-state index contributed by atoms with van der Waals surface area (Å²) < 4.78 is 11.3. The van der Waals surface area contributed by atoms with Crippen molar-refractivity contribution in [1.82, 2.24) is 0 Å². The molecule has 0 bridgehead atoms. The maximum atomic E-state index is 12.2. The van der Waals surface area contributed by atoms with Crippen molar-refractivity contribution in [2.45, 2.75) is 64.4 Å². The fraction of sp³-hybridized carbons (Fsp3) is 0.611. The van der Waals surface area contributed by atoms with E-state index >= 15 is 0 Å². The largest absolute Gasteiger partial charge is 0.491 e. The zero-order chi connectivity index (χ0) is 15.8. The van der Waals surface area contributed by atoms with Crippen LogP contribution in [0.1, 0.15) is 68.6 Å². The molecule has 1 aromatic carbocycles. The molecule has 22 heavy (non-hydrogen) atoms. The summed E-state index contributed by atoms with van der Waals surface area (Å²) in [6.45, 7) is 2.77. The van der Waals surface area contributed by atoms with E-state index in [9.17, 15) is 4.79 Å². The third kappa shape index (κ3) is 4.93. The van der Waals surface area contributed by atoms with Gasteiger partial charge in [0.25, 0.3) is 0 Å². The van der Waals surface area contributed by atoms with Crippen LogP contribution in [0.25, 0.3) is 0 Å². The first kappa shape index (κ1) is 16.7. The molecule has 1 fully saturated rings. The van der Waals surface area contributed by atoms with Crippen LogP contribution in [-0.4, -0.2) is 18.7 Å². The first-order chi connectivity index (χ1) is 10.7. The van der Waals surface area contributed by atoms with Crippen molar-refractivity contribution in [2.75, 3.05) is 12.3 Å². The highest BCUT2D eigenvalue weighted by molar-refractivity contribution is 5.90. The average molecular weight is 305 g/mol. The van der Waals surface area contributed by atoms with Gasteiger partial charge < -0.3 is 15.2 Å². The Morgan fingerprint density at radius 1 is 1.23 bits per heavy atom. The molecule has 0 heterocycles. The van der Waals surface area contributed by atoms with Crippen LogP contribution in [0.4, 0.5) is 5.69 Å². The van der Waals surface area contributed by atoms with E-state index in [0.29, 0.717) is 23.6 Å². The van der Waals surface area contributed by atoms with Gasteiger partial charge in [0, 0.05) is 0 Å². The van der Waals surface area contributed by atoms with Gasteiger partial charge in [-0.15, -0.1) is 0 Å². The van der Waals surface area contributed by atoms with Gasteiger partial charge in [-0.1, -0.05) is 26.2 Å². The first-order valence-corrected chi connectivity index (χ1v) is 8.44. The fourth-order valence-electron chi connectivity index (χ4n) is 2.72. The SMILES string of the molecule is CCCCCOc1cc(C(=O)OC2CCCCC2)ccc1N. The van der Waals surface area contributed by atoms with Crippen molar-refractivity contribution in [3.05, 3.63) is 23.8 Å². The van der Waals surface area contributed by atoms with Crippen LogP contribution in [0.3, 0.4) is 0 Å². The quantitative estimate of drug-likeness (QED) is 0.463. The van der Waals surface area contributed by atoms with Crippen molar-refractivity contribution in [3.63, 3.8) is 0 Å². The standard InChI is InChI=1S/C18H27NO3/c1-2-3-7-12-21-17-13-14(10-11-16(17)19)18(20)22-15-8-5-4-6-9-15/h10-11,13,15H,2-9,12,19H2,1H3. The minimum atomic E-state index is -0.273.